The zero-order valence-corrected chi connectivity index (χ0v) is 19.9. The van der Waals surface area contributed by atoms with Crippen LogP contribution in [0.5, 0.6) is 0 Å². The average Bonchev–Trinajstić information content (AvgIpc) is 2.63. The van der Waals surface area contributed by atoms with E-state index in [1.54, 1.807) is 13.8 Å². The van der Waals surface area contributed by atoms with E-state index in [1.807, 2.05) is 13.0 Å². The molecule has 1 fully saturated rings. The molecule has 0 aliphatic carbocycles. The number of ether oxygens (including phenoxy) is 1. The highest BCUT2D eigenvalue weighted by atomic mass is 32.2. The highest BCUT2D eigenvalue weighted by Crippen LogP contribution is 2.29. The third kappa shape index (κ3) is 6.96. The summed E-state index contributed by atoms with van der Waals surface area (Å²) in [5.74, 6) is -0.0504. The molecule has 0 radical (unpaired) electrons. The minimum Gasteiger partial charge on any atom is -0.372 e. The van der Waals surface area contributed by atoms with E-state index >= 15 is 0 Å². The predicted molar refractivity (Wildman–Crippen MR) is 123 cm³/mol. The smallest absolute Gasteiger partial charge is 0.224 e. The Morgan fingerprint density at radius 3 is 2.37 bits per heavy atom. The van der Waals surface area contributed by atoms with Crippen molar-refractivity contribution in [1.82, 2.24) is 4.72 Å². The highest BCUT2D eigenvalue weighted by molar-refractivity contribution is 7.90. The number of nitrogens with zero attached hydrogens (tertiary/aromatic N) is 1. The molecule has 2 rings (SSSR count). The number of hydrogen-bond acceptors (Lipinski definition) is 5. The van der Waals surface area contributed by atoms with Gasteiger partial charge in [0.15, 0.2) is 0 Å². The number of morpholine rings is 1. The fourth-order valence-electron chi connectivity index (χ4n) is 3.66. The molecule has 30 heavy (non-hydrogen) atoms. The maximum Gasteiger partial charge on any atom is 0.224 e. The van der Waals surface area contributed by atoms with Crippen LogP contribution in [0.25, 0.3) is 0 Å². The van der Waals surface area contributed by atoms with Gasteiger partial charge in [0.2, 0.25) is 15.9 Å². The van der Waals surface area contributed by atoms with Crippen molar-refractivity contribution >= 4 is 27.3 Å². The van der Waals surface area contributed by atoms with Gasteiger partial charge >= 0.3 is 0 Å². The maximum atomic E-state index is 12.3. The van der Waals surface area contributed by atoms with Gasteiger partial charge in [-0.2, -0.15) is 0 Å². The van der Waals surface area contributed by atoms with Gasteiger partial charge in [-0.3, -0.25) is 4.79 Å². The Hall–Kier alpha value is -1.64. The second-order valence-corrected chi connectivity index (χ2v) is 10.9. The van der Waals surface area contributed by atoms with Crippen LogP contribution < -0.4 is 14.9 Å². The molecule has 0 unspecified atom stereocenters. The summed E-state index contributed by atoms with van der Waals surface area (Å²) in [6.07, 6.45) is 2.01. The van der Waals surface area contributed by atoms with Crippen molar-refractivity contribution in [3.8, 4) is 0 Å². The second-order valence-electron chi connectivity index (χ2n) is 8.61. The van der Waals surface area contributed by atoms with E-state index in [-0.39, 0.29) is 18.1 Å². The molecule has 2 N–H and O–H groups in total. The van der Waals surface area contributed by atoms with Crippen LogP contribution in [0.15, 0.2) is 12.1 Å². The Bertz CT molecular complexity index is 829. The van der Waals surface area contributed by atoms with Crippen LogP contribution >= 0.6 is 0 Å². The number of sulfonamides is 1. The average molecular weight is 440 g/mol. The third-order valence-electron chi connectivity index (χ3n) is 5.33. The number of carbonyl (C=O) groups excluding carboxylic acids is 1. The molecule has 1 heterocycles. The summed E-state index contributed by atoms with van der Waals surface area (Å²) >= 11 is 0. The molecule has 1 aromatic carbocycles. The first-order valence-electron chi connectivity index (χ1n) is 10.8. The van der Waals surface area contributed by atoms with Gasteiger partial charge in [-0.15, -0.1) is 0 Å². The Kier molecular flexibility index (Phi) is 8.70. The lowest BCUT2D eigenvalue weighted by atomic mass is 10.1. The van der Waals surface area contributed by atoms with Gasteiger partial charge in [-0.05, 0) is 77.6 Å². The quantitative estimate of drug-likeness (QED) is 0.576. The SMILES string of the molecule is Cc1cc(N2C[C@@H](C)O[C@@H](C)C2)c(C)cc1NC(=O)CCCCNS(=O)(=O)C(C)C. The van der Waals surface area contributed by atoms with Crippen molar-refractivity contribution in [2.75, 3.05) is 29.9 Å². The maximum absolute atomic E-state index is 12.3. The van der Waals surface area contributed by atoms with E-state index in [0.717, 1.165) is 29.9 Å². The molecule has 2 atom stereocenters. The largest absolute Gasteiger partial charge is 0.372 e. The summed E-state index contributed by atoms with van der Waals surface area (Å²) in [6.45, 7) is 13.6. The Balaban J connectivity index is 1.88. The van der Waals surface area contributed by atoms with Crippen LogP contribution in [-0.4, -0.2) is 51.4 Å². The molecule has 8 heteroatoms. The van der Waals surface area contributed by atoms with E-state index in [2.05, 4.69) is 41.8 Å². The Morgan fingerprint density at radius 2 is 1.77 bits per heavy atom. The normalized spacial score (nSPS) is 19.9. The molecule has 1 saturated heterocycles. The lowest BCUT2D eigenvalue weighted by Crippen LogP contribution is -2.45. The molecule has 0 saturated carbocycles. The summed E-state index contributed by atoms with van der Waals surface area (Å²) in [5, 5.41) is 2.56. The monoisotopic (exact) mass is 439 g/mol. The van der Waals surface area contributed by atoms with Crippen molar-refractivity contribution in [3.05, 3.63) is 23.3 Å². The van der Waals surface area contributed by atoms with E-state index in [0.29, 0.717) is 25.8 Å². The summed E-state index contributed by atoms with van der Waals surface area (Å²) in [4.78, 5) is 14.7. The van der Waals surface area contributed by atoms with Crippen molar-refractivity contribution in [2.45, 2.75) is 78.3 Å². The van der Waals surface area contributed by atoms with Gasteiger partial charge in [-0.1, -0.05) is 0 Å². The molecular formula is C22H37N3O4S. The first-order valence-corrected chi connectivity index (χ1v) is 12.3. The van der Waals surface area contributed by atoms with Crippen LogP contribution in [-0.2, 0) is 19.6 Å². The van der Waals surface area contributed by atoms with Gasteiger partial charge in [0, 0.05) is 37.4 Å². The lowest BCUT2D eigenvalue weighted by Gasteiger charge is -2.38. The zero-order valence-electron chi connectivity index (χ0n) is 19.1. The van der Waals surface area contributed by atoms with Gasteiger partial charge in [0.25, 0.3) is 0 Å². The summed E-state index contributed by atoms with van der Waals surface area (Å²) in [5.41, 5.74) is 4.17. The first-order chi connectivity index (χ1) is 14.0. The topological polar surface area (TPSA) is 87.7 Å². The van der Waals surface area contributed by atoms with Crippen LogP contribution in [0, 0.1) is 13.8 Å². The van der Waals surface area contributed by atoms with Crippen LogP contribution in [0.3, 0.4) is 0 Å². The fourth-order valence-corrected chi connectivity index (χ4v) is 4.42. The van der Waals surface area contributed by atoms with Crippen molar-refractivity contribution in [3.63, 3.8) is 0 Å². The molecule has 170 valence electrons. The molecule has 1 aromatic rings. The van der Waals surface area contributed by atoms with E-state index in [4.69, 9.17) is 4.74 Å². The number of unbranched alkanes of at least 4 members (excludes halogenated alkanes) is 1. The van der Waals surface area contributed by atoms with E-state index in [1.165, 1.54) is 5.69 Å². The minimum absolute atomic E-state index is 0.0504. The van der Waals surface area contributed by atoms with Gasteiger partial charge in [0.1, 0.15) is 0 Å². The molecule has 0 bridgehead atoms. The van der Waals surface area contributed by atoms with Crippen molar-refractivity contribution < 1.29 is 17.9 Å². The molecular weight excluding hydrogens is 402 g/mol. The highest BCUT2D eigenvalue weighted by Gasteiger charge is 2.24. The Labute approximate surface area is 181 Å². The number of amides is 1. The molecule has 0 aromatic heterocycles. The summed E-state index contributed by atoms with van der Waals surface area (Å²) < 4.78 is 31.8. The van der Waals surface area contributed by atoms with E-state index in [9.17, 15) is 13.2 Å². The van der Waals surface area contributed by atoms with Crippen LogP contribution in [0.1, 0.15) is 58.1 Å². The number of rotatable bonds is 9. The molecule has 1 aliphatic rings. The van der Waals surface area contributed by atoms with Gasteiger partial charge in [-0.25, -0.2) is 13.1 Å². The lowest BCUT2D eigenvalue weighted by molar-refractivity contribution is -0.116. The van der Waals surface area contributed by atoms with Gasteiger partial charge in [0.05, 0.1) is 17.5 Å². The predicted octanol–water partition coefficient (Wildman–Crippen LogP) is 3.35. The van der Waals surface area contributed by atoms with Crippen LogP contribution in [0.4, 0.5) is 11.4 Å². The number of anilines is 2. The molecule has 1 aliphatic heterocycles. The third-order valence-corrected chi connectivity index (χ3v) is 7.18. The molecule has 1 amide bonds. The van der Waals surface area contributed by atoms with Crippen LogP contribution in [0.2, 0.25) is 0 Å². The second kappa shape index (κ2) is 10.6. The van der Waals surface area contributed by atoms with Crippen molar-refractivity contribution in [2.24, 2.45) is 0 Å². The Morgan fingerprint density at radius 1 is 1.13 bits per heavy atom. The number of carbonyl (C=O) groups is 1. The number of benzene rings is 1. The standard InChI is InChI=1S/C22H37N3O4S/c1-15(2)30(27,28)23-10-8-7-9-22(26)24-20-11-17(4)21(12-16(20)3)25-13-18(5)29-19(6)14-25/h11-12,15,18-19,23H,7-10,13-14H2,1-6H3,(H,24,26)/t18-,19+. The summed E-state index contributed by atoms with van der Waals surface area (Å²) in [7, 11) is -3.24. The van der Waals surface area contributed by atoms with E-state index < -0.39 is 15.3 Å². The number of aryl methyl sites for hydroxylation is 2. The molecule has 0 spiro atoms. The summed E-state index contributed by atoms with van der Waals surface area (Å²) in [6, 6.07) is 4.17. The van der Waals surface area contributed by atoms with Gasteiger partial charge < -0.3 is 15.0 Å². The fraction of sp³-hybridized carbons (Fsp3) is 0.682. The molecule has 7 nitrogen and oxygen atoms in total. The number of hydrogen-bond donors (Lipinski definition) is 2. The number of nitrogens with one attached hydrogen (secondary N) is 2. The van der Waals surface area contributed by atoms with Crippen molar-refractivity contribution in [1.29, 1.82) is 0 Å². The zero-order chi connectivity index (χ0) is 22.5. The first kappa shape index (κ1) is 24.6. The minimum atomic E-state index is -3.24.